The van der Waals surface area contributed by atoms with Crippen LogP contribution >= 0.6 is 0 Å². The molecule has 0 saturated heterocycles. The highest BCUT2D eigenvalue weighted by Crippen LogP contribution is 2.72. The summed E-state index contributed by atoms with van der Waals surface area (Å²) in [6, 6.07) is 0. The topological polar surface area (TPSA) is 63.6 Å². The third-order valence-corrected chi connectivity index (χ3v) is 8.74. The molecule has 0 radical (unpaired) electrons. The third-order valence-electron chi connectivity index (χ3n) is 8.74. The largest absolute Gasteiger partial charge is 0.481 e. The predicted octanol–water partition coefficient (Wildman–Crippen LogP) is 4.58. The summed E-state index contributed by atoms with van der Waals surface area (Å²) in [6.07, 6.45) is 7.73. The normalized spacial score (nSPS) is 49.9. The van der Waals surface area contributed by atoms with Crippen molar-refractivity contribution in [3.63, 3.8) is 0 Å². The monoisotopic (exact) mass is 360 g/mol. The van der Waals surface area contributed by atoms with E-state index in [4.69, 9.17) is 4.74 Å². The maximum atomic E-state index is 12.3. The Balaban J connectivity index is 1.83. The predicted molar refractivity (Wildman–Crippen MR) is 98.4 cm³/mol. The second-order valence-electron chi connectivity index (χ2n) is 10.1. The number of carboxylic acid groups (broad SMARTS) is 1. The van der Waals surface area contributed by atoms with E-state index >= 15 is 0 Å². The van der Waals surface area contributed by atoms with E-state index in [9.17, 15) is 14.7 Å². The fourth-order valence-corrected chi connectivity index (χ4v) is 8.06. The lowest BCUT2D eigenvalue weighted by Gasteiger charge is -2.65. The first-order valence-corrected chi connectivity index (χ1v) is 10.2. The number of hydrogen-bond acceptors (Lipinski definition) is 3. The lowest BCUT2D eigenvalue weighted by atomic mass is 9.40. The Kier molecular flexibility index (Phi) is 3.88. The van der Waals surface area contributed by atoms with Gasteiger partial charge < -0.3 is 9.84 Å². The number of aliphatic carboxylic acids is 1. The molecule has 1 spiro atoms. The van der Waals surface area contributed by atoms with Crippen molar-refractivity contribution in [2.24, 2.45) is 34.0 Å². The highest BCUT2D eigenvalue weighted by molar-refractivity contribution is 5.75. The van der Waals surface area contributed by atoms with Crippen molar-refractivity contribution in [3.05, 3.63) is 12.2 Å². The molecule has 4 saturated carbocycles. The molecular formula is C22H32O4. The van der Waals surface area contributed by atoms with Crippen LogP contribution in [0.4, 0.5) is 0 Å². The molecule has 0 aromatic carbocycles. The Bertz CT molecular complexity index is 669. The molecule has 0 aromatic rings. The zero-order valence-corrected chi connectivity index (χ0v) is 16.3. The quantitative estimate of drug-likeness (QED) is 0.578. The van der Waals surface area contributed by atoms with Crippen molar-refractivity contribution in [2.45, 2.75) is 78.2 Å². The van der Waals surface area contributed by atoms with Gasteiger partial charge in [0.1, 0.15) is 6.10 Å². The maximum absolute atomic E-state index is 12.3. The Labute approximate surface area is 156 Å². The minimum atomic E-state index is -0.818. The highest BCUT2D eigenvalue weighted by atomic mass is 16.5. The van der Waals surface area contributed by atoms with Crippen molar-refractivity contribution < 1.29 is 19.4 Å². The summed E-state index contributed by atoms with van der Waals surface area (Å²) >= 11 is 0. The Hall–Kier alpha value is -1.32. The molecule has 4 nitrogen and oxygen atoms in total. The van der Waals surface area contributed by atoms with Gasteiger partial charge in [0.05, 0.1) is 5.41 Å². The lowest BCUT2D eigenvalue weighted by Crippen LogP contribution is -2.63. The van der Waals surface area contributed by atoms with Gasteiger partial charge in [0.25, 0.3) is 0 Å². The third kappa shape index (κ3) is 2.26. The molecule has 7 unspecified atom stereocenters. The van der Waals surface area contributed by atoms with Crippen LogP contribution in [0.5, 0.6) is 0 Å². The van der Waals surface area contributed by atoms with Crippen molar-refractivity contribution in [2.75, 3.05) is 0 Å². The van der Waals surface area contributed by atoms with Gasteiger partial charge in [-0.25, -0.2) is 0 Å². The molecule has 2 bridgehead atoms. The van der Waals surface area contributed by atoms with E-state index in [1.807, 2.05) is 6.92 Å². The molecule has 4 aliphatic carbocycles. The number of carbonyl (C=O) groups is 2. The van der Waals surface area contributed by atoms with Gasteiger partial charge in [-0.2, -0.15) is 0 Å². The van der Waals surface area contributed by atoms with Gasteiger partial charge in [-0.15, -0.1) is 0 Å². The van der Waals surface area contributed by atoms with E-state index in [-0.39, 0.29) is 28.8 Å². The fourth-order valence-electron chi connectivity index (χ4n) is 8.06. The number of esters is 1. The van der Waals surface area contributed by atoms with Gasteiger partial charge >= 0.3 is 11.9 Å². The number of ether oxygens (including phenoxy) is 1. The molecular weight excluding hydrogens is 328 g/mol. The number of hydrogen-bond donors (Lipinski definition) is 1. The van der Waals surface area contributed by atoms with Crippen LogP contribution in [0.1, 0.15) is 72.1 Å². The first kappa shape index (κ1) is 18.1. The van der Waals surface area contributed by atoms with Crippen LogP contribution in [-0.4, -0.2) is 23.1 Å². The number of allylic oxidation sites excluding steroid dienone is 1. The van der Waals surface area contributed by atoms with E-state index in [0.29, 0.717) is 18.3 Å². The zero-order valence-electron chi connectivity index (χ0n) is 16.3. The van der Waals surface area contributed by atoms with Gasteiger partial charge in [-0.3, -0.25) is 9.59 Å². The second-order valence-corrected chi connectivity index (χ2v) is 10.1. The molecule has 0 aromatic heterocycles. The summed E-state index contributed by atoms with van der Waals surface area (Å²) < 4.78 is 5.87. The van der Waals surface area contributed by atoms with Crippen LogP contribution < -0.4 is 0 Å². The molecule has 26 heavy (non-hydrogen) atoms. The first-order valence-electron chi connectivity index (χ1n) is 10.2. The van der Waals surface area contributed by atoms with E-state index in [2.05, 4.69) is 13.5 Å². The molecule has 0 heterocycles. The average Bonchev–Trinajstić information content (AvgIpc) is 2.75. The van der Waals surface area contributed by atoms with Crippen LogP contribution in [0, 0.1) is 34.0 Å². The summed E-state index contributed by atoms with van der Waals surface area (Å²) in [6.45, 7) is 10.0. The summed E-state index contributed by atoms with van der Waals surface area (Å²) in [7, 11) is 0. The van der Waals surface area contributed by atoms with Gasteiger partial charge in [-0.1, -0.05) is 25.5 Å². The van der Waals surface area contributed by atoms with E-state index < -0.39 is 11.4 Å². The summed E-state index contributed by atoms with van der Waals surface area (Å²) in [4.78, 5) is 24.2. The molecule has 4 heteroatoms. The van der Waals surface area contributed by atoms with E-state index in [1.165, 1.54) is 25.3 Å². The Morgan fingerprint density at radius 2 is 1.92 bits per heavy atom. The van der Waals surface area contributed by atoms with Gasteiger partial charge in [-0.05, 0) is 74.5 Å². The first-order chi connectivity index (χ1) is 12.1. The molecule has 4 aliphatic rings. The number of carbonyl (C=O) groups excluding carboxylic acids is 1. The van der Waals surface area contributed by atoms with Gasteiger partial charge in [0.15, 0.2) is 0 Å². The summed E-state index contributed by atoms with van der Waals surface area (Å²) in [5, 5.41) is 10.1. The number of fused-ring (bicyclic) bond motifs is 3. The maximum Gasteiger partial charge on any atom is 0.309 e. The van der Waals surface area contributed by atoms with Crippen molar-refractivity contribution in [3.8, 4) is 0 Å². The summed E-state index contributed by atoms with van der Waals surface area (Å²) in [5.74, 6) is 0.00652. The molecule has 4 fully saturated rings. The minimum absolute atomic E-state index is 0.0840. The Morgan fingerprint density at radius 3 is 2.58 bits per heavy atom. The van der Waals surface area contributed by atoms with Crippen molar-refractivity contribution in [1.82, 2.24) is 0 Å². The van der Waals surface area contributed by atoms with Gasteiger partial charge in [0.2, 0.25) is 0 Å². The van der Waals surface area contributed by atoms with Crippen molar-refractivity contribution >= 4 is 11.9 Å². The molecule has 0 amide bonds. The van der Waals surface area contributed by atoms with Crippen LogP contribution in [0.3, 0.4) is 0 Å². The standard InChI is InChI=1S/C22H32O4/c1-13-10-22-11-15(13)6-7-17(22)20(3)8-5-9-21(4,19(24)25)18(20)16(12-22)26-14(2)23/h15-18H,1,5-12H2,2-4H3,(H,24,25). The van der Waals surface area contributed by atoms with Crippen LogP contribution in [-0.2, 0) is 14.3 Å². The fraction of sp³-hybridized carbons (Fsp3) is 0.818. The van der Waals surface area contributed by atoms with Crippen LogP contribution in [0.2, 0.25) is 0 Å². The van der Waals surface area contributed by atoms with Crippen molar-refractivity contribution in [1.29, 1.82) is 0 Å². The van der Waals surface area contributed by atoms with E-state index in [0.717, 1.165) is 32.1 Å². The Morgan fingerprint density at radius 1 is 1.19 bits per heavy atom. The SMILES string of the molecule is C=C1CC23CC1CCC2C1(C)CCCC(C)(C(=O)O)C1C(OC(C)=O)C3. The smallest absolute Gasteiger partial charge is 0.309 e. The molecule has 7 atom stereocenters. The van der Waals surface area contributed by atoms with Crippen LogP contribution in [0.15, 0.2) is 12.2 Å². The number of rotatable bonds is 2. The lowest BCUT2D eigenvalue weighted by molar-refractivity contribution is -0.221. The minimum Gasteiger partial charge on any atom is -0.481 e. The molecule has 0 aliphatic heterocycles. The molecule has 1 N–H and O–H groups in total. The molecule has 4 rings (SSSR count). The molecule has 144 valence electrons. The van der Waals surface area contributed by atoms with E-state index in [1.54, 1.807) is 0 Å². The average molecular weight is 360 g/mol. The zero-order chi connectivity index (χ0) is 18.9. The van der Waals surface area contributed by atoms with Gasteiger partial charge in [0, 0.05) is 12.8 Å². The summed E-state index contributed by atoms with van der Waals surface area (Å²) in [5.41, 5.74) is 0.621. The number of carboxylic acids is 1. The second kappa shape index (κ2) is 5.59. The highest BCUT2D eigenvalue weighted by Gasteiger charge is 2.68. The van der Waals surface area contributed by atoms with Crippen LogP contribution in [0.25, 0.3) is 0 Å².